The molecular weight excluding hydrogens is 326 g/mol. The third-order valence-corrected chi connectivity index (χ3v) is 3.31. The van der Waals surface area contributed by atoms with E-state index >= 15 is 0 Å². The van der Waals surface area contributed by atoms with E-state index in [9.17, 15) is 4.79 Å². The predicted molar refractivity (Wildman–Crippen MR) is 78.4 cm³/mol. The summed E-state index contributed by atoms with van der Waals surface area (Å²) in [5.41, 5.74) is 1.02. The maximum absolute atomic E-state index is 12.1. The lowest BCUT2D eigenvalue weighted by Gasteiger charge is -2.12. The molecule has 0 unspecified atom stereocenters. The lowest BCUT2D eigenvalue weighted by molar-refractivity contribution is 0.102. The summed E-state index contributed by atoms with van der Waals surface area (Å²) in [5, 5.41) is 6.74. The lowest BCUT2D eigenvalue weighted by atomic mass is 10.2. The third kappa shape index (κ3) is 2.93. The van der Waals surface area contributed by atoms with Gasteiger partial charge in [-0.3, -0.25) is 9.48 Å². The molecule has 1 aromatic heterocycles. The second-order valence-corrected chi connectivity index (χ2v) is 4.90. The molecule has 2 rings (SSSR count). The fraction of sp³-hybridized carbons (Fsp3) is 0.231. The molecule has 0 saturated heterocycles. The monoisotopic (exact) mass is 339 g/mol. The van der Waals surface area contributed by atoms with Gasteiger partial charge in [0.05, 0.1) is 36.1 Å². The van der Waals surface area contributed by atoms with Gasteiger partial charge in [0.15, 0.2) is 0 Å². The Labute approximate surface area is 124 Å². The number of amides is 1. The highest BCUT2D eigenvalue weighted by molar-refractivity contribution is 9.10. The molecular formula is C13H14BrN3O3. The summed E-state index contributed by atoms with van der Waals surface area (Å²) in [6.07, 6.45) is 3.14. The van der Waals surface area contributed by atoms with Crippen LogP contribution in [0.2, 0.25) is 0 Å². The van der Waals surface area contributed by atoms with Crippen molar-refractivity contribution in [3.63, 3.8) is 0 Å². The molecule has 106 valence electrons. The molecule has 0 aliphatic carbocycles. The average Bonchev–Trinajstić information content (AvgIpc) is 2.86. The summed E-state index contributed by atoms with van der Waals surface area (Å²) >= 11 is 3.37. The minimum Gasteiger partial charge on any atom is -0.495 e. The van der Waals surface area contributed by atoms with Crippen molar-refractivity contribution in [2.75, 3.05) is 19.5 Å². The first-order valence-corrected chi connectivity index (χ1v) is 6.56. The Morgan fingerprint density at radius 2 is 2.00 bits per heavy atom. The summed E-state index contributed by atoms with van der Waals surface area (Å²) in [6, 6.07) is 3.43. The van der Waals surface area contributed by atoms with Crippen LogP contribution in [0, 0.1) is 0 Å². The Kier molecular flexibility index (Phi) is 4.29. The second kappa shape index (κ2) is 5.96. The van der Waals surface area contributed by atoms with Gasteiger partial charge < -0.3 is 14.8 Å². The van der Waals surface area contributed by atoms with Crippen LogP contribution >= 0.6 is 15.9 Å². The van der Waals surface area contributed by atoms with Gasteiger partial charge in [0, 0.05) is 19.3 Å². The average molecular weight is 340 g/mol. The molecule has 1 N–H and O–H groups in total. The number of nitrogens with one attached hydrogen (secondary N) is 1. The van der Waals surface area contributed by atoms with Crippen LogP contribution in [0.3, 0.4) is 0 Å². The van der Waals surface area contributed by atoms with Gasteiger partial charge in [0.25, 0.3) is 5.91 Å². The van der Waals surface area contributed by atoms with Crippen molar-refractivity contribution in [1.29, 1.82) is 0 Å². The van der Waals surface area contributed by atoms with Crippen molar-refractivity contribution in [3.05, 3.63) is 34.6 Å². The van der Waals surface area contributed by atoms with E-state index in [0.717, 1.165) is 4.47 Å². The van der Waals surface area contributed by atoms with Gasteiger partial charge in [-0.2, -0.15) is 5.10 Å². The minimum absolute atomic E-state index is 0.256. The Hall–Kier alpha value is -2.02. The van der Waals surface area contributed by atoms with Crippen LogP contribution in [0.1, 0.15) is 10.4 Å². The number of anilines is 1. The zero-order valence-corrected chi connectivity index (χ0v) is 12.9. The van der Waals surface area contributed by atoms with Gasteiger partial charge >= 0.3 is 0 Å². The first-order chi connectivity index (χ1) is 9.55. The highest BCUT2D eigenvalue weighted by Crippen LogP contribution is 2.36. The minimum atomic E-state index is -0.256. The number of carbonyl (C=O) groups excluding carboxylic acids is 1. The normalized spacial score (nSPS) is 10.2. The Morgan fingerprint density at radius 3 is 2.55 bits per heavy atom. The number of methoxy groups -OCH3 is 2. The van der Waals surface area contributed by atoms with E-state index in [1.165, 1.54) is 13.3 Å². The molecule has 1 amide bonds. The van der Waals surface area contributed by atoms with Crippen LogP contribution in [0.5, 0.6) is 11.5 Å². The van der Waals surface area contributed by atoms with Crippen LogP contribution in [0.15, 0.2) is 29.0 Å². The number of halogens is 1. The van der Waals surface area contributed by atoms with Gasteiger partial charge in [-0.25, -0.2) is 0 Å². The highest BCUT2D eigenvalue weighted by Gasteiger charge is 2.14. The van der Waals surface area contributed by atoms with Crippen molar-refractivity contribution in [2.45, 2.75) is 0 Å². The first-order valence-electron chi connectivity index (χ1n) is 5.76. The zero-order valence-electron chi connectivity index (χ0n) is 11.3. The number of hydrogen-bond acceptors (Lipinski definition) is 4. The molecule has 0 spiro atoms. The maximum Gasteiger partial charge on any atom is 0.258 e. The molecule has 0 aliphatic rings. The summed E-state index contributed by atoms with van der Waals surface area (Å²) < 4.78 is 12.7. The molecule has 1 aromatic carbocycles. The lowest BCUT2D eigenvalue weighted by Crippen LogP contribution is -2.12. The summed E-state index contributed by atoms with van der Waals surface area (Å²) in [6.45, 7) is 0. The van der Waals surface area contributed by atoms with E-state index in [4.69, 9.17) is 9.47 Å². The zero-order chi connectivity index (χ0) is 14.7. The van der Waals surface area contributed by atoms with Crippen LogP contribution in [-0.4, -0.2) is 29.9 Å². The van der Waals surface area contributed by atoms with E-state index in [1.807, 2.05) is 0 Å². The van der Waals surface area contributed by atoms with Gasteiger partial charge in [-0.1, -0.05) is 0 Å². The number of ether oxygens (including phenoxy) is 2. The molecule has 0 bridgehead atoms. The number of rotatable bonds is 4. The van der Waals surface area contributed by atoms with E-state index in [-0.39, 0.29) is 5.91 Å². The van der Waals surface area contributed by atoms with Gasteiger partial charge in [0.2, 0.25) is 0 Å². The van der Waals surface area contributed by atoms with Crippen molar-refractivity contribution in [2.24, 2.45) is 7.05 Å². The quantitative estimate of drug-likeness (QED) is 0.929. The van der Waals surface area contributed by atoms with E-state index in [1.54, 1.807) is 37.2 Å². The molecule has 0 fully saturated rings. The number of aryl methyl sites for hydroxylation is 1. The Morgan fingerprint density at radius 1 is 1.30 bits per heavy atom. The largest absolute Gasteiger partial charge is 0.495 e. The number of benzene rings is 1. The first kappa shape index (κ1) is 14.4. The van der Waals surface area contributed by atoms with Crippen molar-refractivity contribution in [1.82, 2.24) is 9.78 Å². The van der Waals surface area contributed by atoms with Gasteiger partial charge in [-0.15, -0.1) is 0 Å². The van der Waals surface area contributed by atoms with Gasteiger partial charge in [-0.05, 0) is 22.0 Å². The van der Waals surface area contributed by atoms with Crippen molar-refractivity contribution >= 4 is 27.5 Å². The van der Waals surface area contributed by atoms with Crippen LogP contribution < -0.4 is 14.8 Å². The Balaban J connectivity index is 2.28. The number of carbonyl (C=O) groups is 1. The molecule has 7 heteroatoms. The third-order valence-electron chi connectivity index (χ3n) is 2.69. The molecule has 0 radical (unpaired) electrons. The molecule has 0 atom stereocenters. The molecule has 6 nitrogen and oxygen atoms in total. The van der Waals surface area contributed by atoms with E-state index in [2.05, 4.69) is 26.3 Å². The van der Waals surface area contributed by atoms with Crippen LogP contribution in [-0.2, 0) is 7.05 Å². The standard InChI is InChI=1S/C13H14BrN3O3/c1-17-7-8(6-15-17)13(18)16-10-4-9(14)11(19-2)5-12(10)20-3/h4-7H,1-3H3,(H,16,18). The van der Waals surface area contributed by atoms with Gasteiger partial charge in [0.1, 0.15) is 11.5 Å². The van der Waals surface area contributed by atoms with Crippen molar-refractivity contribution in [3.8, 4) is 11.5 Å². The summed E-state index contributed by atoms with van der Waals surface area (Å²) in [4.78, 5) is 12.1. The van der Waals surface area contributed by atoms with Crippen molar-refractivity contribution < 1.29 is 14.3 Å². The van der Waals surface area contributed by atoms with E-state index < -0.39 is 0 Å². The maximum atomic E-state index is 12.1. The smallest absolute Gasteiger partial charge is 0.258 e. The molecule has 20 heavy (non-hydrogen) atoms. The summed E-state index contributed by atoms with van der Waals surface area (Å²) in [5.74, 6) is 0.886. The molecule has 1 heterocycles. The summed E-state index contributed by atoms with van der Waals surface area (Å²) in [7, 11) is 4.84. The molecule has 2 aromatic rings. The Bertz CT molecular complexity index is 640. The SMILES string of the molecule is COc1cc(OC)c(NC(=O)c2cnn(C)c2)cc1Br. The topological polar surface area (TPSA) is 65.4 Å². The van der Waals surface area contributed by atoms with Crippen LogP contribution in [0.4, 0.5) is 5.69 Å². The highest BCUT2D eigenvalue weighted by atomic mass is 79.9. The second-order valence-electron chi connectivity index (χ2n) is 4.04. The fourth-order valence-electron chi connectivity index (χ4n) is 1.69. The predicted octanol–water partition coefficient (Wildman–Crippen LogP) is 2.45. The van der Waals surface area contributed by atoms with Crippen LogP contribution in [0.25, 0.3) is 0 Å². The number of hydrogen-bond donors (Lipinski definition) is 1. The van der Waals surface area contributed by atoms with E-state index in [0.29, 0.717) is 22.7 Å². The number of nitrogens with zero attached hydrogens (tertiary/aromatic N) is 2. The molecule has 0 aliphatic heterocycles. The fourth-order valence-corrected chi connectivity index (χ4v) is 2.20. The number of aromatic nitrogens is 2. The molecule has 0 saturated carbocycles.